The Morgan fingerprint density at radius 1 is 1.23 bits per heavy atom. The Balaban J connectivity index is 1.92. The smallest absolute Gasteiger partial charge is 0.277 e. The number of ether oxygens (including phenoxy) is 2. The Hall–Kier alpha value is -2.44. The third-order valence-corrected chi connectivity index (χ3v) is 3.77. The van der Waals surface area contributed by atoms with Crippen LogP contribution >= 0.6 is 23.2 Å². The van der Waals surface area contributed by atoms with Crippen LogP contribution in [0.3, 0.4) is 0 Å². The number of phenolic OH excluding ortho intramolecular Hbond substituents is 1. The van der Waals surface area contributed by atoms with Crippen molar-refractivity contribution in [1.82, 2.24) is 5.43 Å². The van der Waals surface area contributed by atoms with Crippen LogP contribution in [0.25, 0.3) is 0 Å². The zero-order valence-corrected chi connectivity index (χ0v) is 15.8. The highest BCUT2D eigenvalue weighted by Crippen LogP contribution is 2.34. The molecule has 0 aromatic heterocycles. The Kier molecular flexibility index (Phi) is 7.12. The minimum atomic E-state index is -0.425. The second-order valence-corrected chi connectivity index (χ2v) is 6.12. The van der Waals surface area contributed by atoms with Crippen LogP contribution < -0.4 is 14.9 Å². The van der Waals surface area contributed by atoms with Gasteiger partial charge in [0.25, 0.3) is 5.91 Å². The van der Waals surface area contributed by atoms with Crippen LogP contribution in [0.1, 0.15) is 18.1 Å². The van der Waals surface area contributed by atoms with E-state index in [9.17, 15) is 9.90 Å². The molecule has 0 aliphatic heterocycles. The number of carbonyl (C=O) groups is 1. The van der Waals surface area contributed by atoms with Crippen LogP contribution in [0.15, 0.2) is 35.4 Å². The van der Waals surface area contributed by atoms with E-state index in [4.69, 9.17) is 32.7 Å². The number of amides is 1. The van der Waals surface area contributed by atoms with Gasteiger partial charge in [-0.1, -0.05) is 23.2 Å². The molecule has 0 atom stereocenters. The second-order valence-electron chi connectivity index (χ2n) is 5.27. The van der Waals surface area contributed by atoms with Crippen molar-refractivity contribution in [1.29, 1.82) is 0 Å². The van der Waals surface area contributed by atoms with Gasteiger partial charge in [0, 0.05) is 5.02 Å². The SMILES string of the molecule is CCOc1cc(/C=N/NC(=O)COc2ccc(Cl)cc2C)cc(Cl)c1O. The lowest BCUT2D eigenvalue weighted by Gasteiger charge is -2.09. The van der Waals surface area contributed by atoms with Crippen LogP contribution in [0.4, 0.5) is 0 Å². The van der Waals surface area contributed by atoms with E-state index in [0.717, 1.165) is 5.56 Å². The second kappa shape index (κ2) is 9.31. The molecule has 138 valence electrons. The number of hydrazone groups is 1. The molecule has 0 heterocycles. The van der Waals surface area contributed by atoms with Gasteiger partial charge in [0.1, 0.15) is 5.75 Å². The van der Waals surface area contributed by atoms with Gasteiger partial charge >= 0.3 is 0 Å². The van der Waals surface area contributed by atoms with Gasteiger partial charge in [-0.3, -0.25) is 4.79 Å². The number of phenols is 1. The first-order valence-corrected chi connectivity index (χ1v) is 8.52. The van der Waals surface area contributed by atoms with Crippen molar-refractivity contribution in [3.8, 4) is 17.2 Å². The Labute approximate surface area is 161 Å². The summed E-state index contributed by atoms with van der Waals surface area (Å²) in [5.74, 6) is 0.251. The van der Waals surface area contributed by atoms with E-state index >= 15 is 0 Å². The van der Waals surface area contributed by atoms with Crippen molar-refractivity contribution in [2.24, 2.45) is 5.10 Å². The maximum absolute atomic E-state index is 11.8. The average molecular weight is 397 g/mol. The number of hydrogen-bond acceptors (Lipinski definition) is 5. The summed E-state index contributed by atoms with van der Waals surface area (Å²) in [6.45, 7) is 3.81. The Bertz CT molecular complexity index is 825. The summed E-state index contributed by atoms with van der Waals surface area (Å²) in [5, 5.41) is 14.4. The van der Waals surface area contributed by atoms with E-state index in [-0.39, 0.29) is 23.1 Å². The van der Waals surface area contributed by atoms with Gasteiger partial charge in [0.15, 0.2) is 18.1 Å². The molecular weight excluding hydrogens is 379 g/mol. The third-order valence-electron chi connectivity index (χ3n) is 3.25. The molecule has 6 nitrogen and oxygen atoms in total. The van der Waals surface area contributed by atoms with Crippen LogP contribution in [-0.4, -0.2) is 30.4 Å². The molecule has 0 radical (unpaired) electrons. The first-order valence-electron chi connectivity index (χ1n) is 7.77. The number of aryl methyl sites for hydroxylation is 1. The first-order chi connectivity index (χ1) is 12.4. The van der Waals surface area contributed by atoms with Gasteiger partial charge in [-0.25, -0.2) is 5.43 Å². The lowest BCUT2D eigenvalue weighted by atomic mass is 10.2. The summed E-state index contributed by atoms with van der Waals surface area (Å²) < 4.78 is 10.7. The minimum absolute atomic E-state index is 0.130. The van der Waals surface area contributed by atoms with Gasteiger partial charge in [-0.2, -0.15) is 5.10 Å². The van der Waals surface area contributed by atoms with Gasteiger partial charge < -0.3 is 14.6 Å². The minimum Gasteiger partial charge on any atom is -0.503 e. The van der Waals surface area contributed by atoms with Gasteiger partial charge in [0.05, 0.1) is 17.8 Å². The maximum Gasteiger partial charge on any atom is 0.277 e. The third kappa shape index (κ3) is 5.54. The van der Waals surface area contributed by atoms with E-state index < -0.39 is 5.91 Å². The van der Waals surface area contributed by atoms with E-state index in [1.54, 1.807) is 31.2 Å². The number of carbonyl (C=O) groups excluding carboxylic acids is 1. The largest absolute Gasteiger partial charge is 0.503 e. The number of nitrogens with zero attached hydrogens (tertiary/aromatic N) is 1. The summed E-state index contributed by atoms with van der Waals surface area (Å²) in [6.07, 6.45) is 1.39. The number of hydrogen-bond donors (Lipinski definition) is 2. The predicted molar refractivity (Wildman–Crippen MR) is 102 cm³/mol. The molecule has 0 unspecified atom stereocenters. The molecule has 8 heteroatoms. The van der Waals surface area contributed by atoms with Crippen LogP contribution in [0.2, 0.25) is 10.0 Å². The zero-order chi connectivity index (χ0) is 19.1. The normalized spacial score (nSPS) is 10.8. The topological polar surface area (TPSA) is 80.2 Å². The van der Waals surface area contributed by atoms with E-state index in [1.807, 2.05) is 6.92 Å². The van der Waals surface area contributed by atoms with Crippen molar-refractivity contribution in [2.75, 3.05) is 13.2 Å². The Morgan fingerprint density at radius 3 is 2.69 bits per heavy atom. The van der Waals surface area contributed by atoms with Gasteiger partial charge in [-0.05, 0) is 55.3 Å². The molecule has 26 heavy (non-hydrogen) atoms. The average Bonchev–Trinajstić information content (AvgIpc) is 2.58. The number of halogens is 2. The highest BCUT2D eigenvalue weighted by Gasteiger charge is 2.09. The number of benzene rings is 2. The molecule has 0 aliphatic rings. The van der Waals surface area contributed by atoms with Crippen LogP contribution in [0, 0.1) is 6.92 Å². The molecule has 2 rings (SSSR count). The molecule has 0 fully saturated rings. The molecule has 2 N–H and O–H groups in total. The van der Waals surface area contributed by atoms with Crippen molar-refractivity contribution >= 4 is 35.3 Å². The van der Waals surface area contributed by atoms with E-state index in [1.165, 1.54) is 12.3 Å². The van der Waals surface area contributed by atoms with Crippen LogP contribution in [-0.2, 0) is 4.79 Å². The summed E-state index contributed by atoms with van der Waals surface area (Å²) >= 11 is 11.8. The van der Waals surface area contributed by atoms with Crippen molar-refractivity contribution in [3.63, 3.8) is 0 Å². The van der Waals surface area contributed by atoms with Crippen molar-refractivity contribution in [3.05, 3.63) is 51.5 Å². The monoisotopic (exact) mass is 396 g/mol. The van der Waals surface area contributed by atoms with E-state index in [2.05, 4.69) is 10.5 Å². The van der Waals surface area contributed by atoms with Gasteiger partial charge in [0.2, 0.25) is 0 Å². The summed E-state index contributed by atoms with van der Waals surface area (Å²) in [4.78, 5) is 11.8. The number of aromatic hydroxyl groups is 1. The van der Waals surface area contributed by atoms with E-state index in [0.29, 0.717) is 22.9 Å². The number of rotatable bonds is 7. The van der Waals surface area contributed by atoms with Crippen LogP contribution in [0.5, 0.6) is 17.2 Å². The molecular formula is C18H18Cl2N2O4. The molecule has 0 saturated heterocycles. The molecule has 0 spiro atoms. The quantitative estimate of drug-likeness (QED) is 0.548. The lowest BCUT2D eigenvalue weighted by Crippen LogP contribution is -2.24. The first kappa shape index (κ1) is 19.9. The summed E-state index contributed by atoms with van der Waals surface area (Å²) in [6, 6.07) is 8.19. The molecule has 2 aromatic carbocycles. The van der Waals surface area contributed by atoms with Gasteiger partial charge in [-0.15, -0.1) is 0 Å². The molecule has 0 bridgehead atoms. The fraction of sp³-hybridized carbons (Fsp3) is 0.222. The predicted octanol–water partition coefficient (Wildman–Crippen LogP) is 3.94. The Morgan fingerprint density at radius 2 is 2.00 bits per heavy atom. The zero-order valence-electron chi connectivity index (χ0n) is 14.3. The van der Waals surface area contributed by atoms with Crippen molar-refractivity contribution < 1.29 is 19.4 Å². The van der Waals surface area contributed by atoms with Crippen molar-refractivity contribution in [2.45, 2.75) is 13.8 Å². The molecule has 0 aliphatic carbocycles. The fourth-order valence-corrected chi connectivity index (χ4v) is 2.51. The molecule has 2 aromatic rings. The highest BCUT2D eigenvalue weighted by atomic mass is 35.5. The fourth-order valence-electron chi connectivity index (χ4n) is 2.06. The maximum atomic E-state index is 11.8. The molecule has 0 saturated carbocycles. The highest BCUT2D eigenvalue weighted by molar-refractivity contribution is 6.32. The lowest BCUT2D eigenvalue weighted by molar-refractivity contribution is -0.123. The number of nitrogens with one attached hydrogen (secondary N) is 1. The summed E-state index contributed by atoms with van der Waals surface area (Å²) in [7, 11) is 0. The summed E-state index contributed by atoms with van der Waals surface area (Å²) in [5.41, 5.74) is 3.74. The molecule has 1 amide bonds. The standard InChI is InChI=1S/C18H18Cl2N2O4/c1-3-25-16-8-12(7-14(20)18(16)24)9-21-22-17(23)10-26-15-5-4-13(19)6-11(15)2/h4-9,24H,3,10H2,1-2H3,(H,22,23)/b21-9+.